The number of fused-ring (bicyclic) bond motifs is 1. The van der Waals surface area contributed by atoms with Gasteiger partial charge in [0.05, 0.1) is 6.42 Å². The van der Waals surface area contributed by atoms with Crippen LogP contribution in [0.4, 0.5) is 5.69 Å². The summed E-state index contributed by atoms with van der Waals surface area (Å²) in [6, 6.07) is 6.93. The first-order valence-corrected chi connectivity index (χ1v) is 6.55. The third kappa shape index (κ3) is 2.26. The van der Waals surface area contributed by atoms with Gasteiger partial charge < -0.3 is 10.6 Å². The van der Waals surface area contributed by atoms with Crippen molar-refractivity contribution in [2.45, 2.75) is 25.4 Å². The summed E-state index contributed by atoms with van der Waals surface area (Å²) in [6.07, 6.45) is 1.75. The predicted molar refractivity (Wildman–Crippen MR) is 71.5 cm³/mol. The number of rotatable bonds is 3. The average molecular weight is 245 g/mol. The lowest BCUT2D eigenvalue weighted by Crippen LogP contribution is -2.32. The number of nitrogens with one attached hydrogen (secondary N) is 2. The van der Waals surface area contributed by atoms with Crippen LogP contribution in [0.25, 0.3) is 0 Å². The smallest absolute Gasteiger partial charge is 0.228 e. The molecule has 0 aliphatic carbocycles. The van der Waals surface area contributed by atoms with Gasteiger partial charge in [0, 0.05) is 24.8 Å². The Kier molecular flexibility index (Phi) is 3.06. The Morgan fingerprint density at radius 1 is 1.44 bits per heavy atom. The fourth-order valence-corrected chi connectivity index (χ4v) is 2.81. The molecule has 96 valence electrons. The molecule has 4 heteroatoms. The molecular weight excluding hydrogens is 226 g/mol. The highest BCUT2D eigenvalue weighted by Gasteiger charge is 2.21. The van der Waals surface area contributed by atoms with Gasteiger partial charge in [0.1, 0.15) is 0 Å². The van der Waals surface area contributed by atoms with Gasteiger partial charge >= 0.3 is 0 Å². The summed E-state index contributed by atoms with van der Waals surface area (Å²) >= 11 is 0. The minimum absolute atomic E-state index is 0.107. The first-order chi connectivity index (χ1) is 8.72. The molecule has 1 unspecified atom stereocenters. The van der Waals surface area contributed by atoms with Crippen LogP contribution in [0.1, 0.15) is 17.5 Å². The maximum Gasteiger partial charge on any atom is 0.228 e. The molecule has 2 N–H and O–H groups in total. The highest BCUT2D eigenvalue weighted by Crippen LogP contribution is 2.24. The highest BCUT2D eigenvalue weighted by atomic mass is 16.1. The first-order valence-electron chi connectivity index (χ1n) is 6.55. The van der Waals surface area contributed by atoms with Gasteiger partial charge in [-0.25, -0.2) is 0 Å². The Balaban J connectivity index is 1.70. The largest absolute Gasteiger partial charge is 0.326 e. The van der Waals surface area contributed by atoms with E-state index in [2.05, 4.69) is 34.7 Å². The van der Waals surface area contributed by atoms with Gasteiger partial charge in [-0.15, -0.1) is 0 Å². The second-order valence-electron chi connectivity index (χ2n) is 5.28. The number of hydrogen-bond acceptors (Lipinski definition) is 3. The third-order valence-corrected chi connectivity index (χ3v) is 3.88. The number of amides is 1. The summed E-state index contributed by atoms with van der Waals surface area (Å²) in [4.78, 5) is 13.7. The van der Waals surface area contributed by atoms with Gasteiger partial charge in [0.15, 0.2) is 0 Å². The molecule has 4 nitrogen and oxygen atoms in total. The molecule has 0 bridgehead atoms. The molecule has 1 aromatic carbocycles. The number of hydrogen-bond donors (Lipinski definition) is 2. The van der Waals surface area contributed by atoms with Gasteiger partial charge in [0.25, 0.3) is 0 Å². The summed E-state index contributed by atoms with van der Waals surface area (Å²) in [5.74, 6) is 0.107. The number of carbonyl (C=O) groups excluding carboxylic acids is 1. The maximum absolute atomic E-state index is 11.3. The van der Waals surface area contributed by atoms with E-state index < -0.39 is 0 Å². The highest BCUT2D eigenvalue weighted by molar-refractivity contribution is 5.99. The van der Waals surface area contributed by atoms with Crippen molar-refractivity contribution in [3.63, 3.8) is 0 Å². The molecule has 1 fully saturated rings. The minimum Gasteiger partial charge on any atom is -0.326 e. The van der Waals surface area contributed by atoms with Crippen LogP contribution in [0.2, 0.25) is 0 Å². The molecule has 0 radical (unpaired) electrons. The number of anilines is 1. The average Bonchev–Trinajstić information content (AvgIpc) is 2.95. The Morgan fingerprint density at radius 3 is 3.11 bits per heavy atom. The Bertz CT molecular complexity index is 466. The fraction of sp³-hybridized carbons (Fsp3) is 0.500. The van der Waals surface area contributed by atoms with E-state index in [1.54, 1.807) is 0 Å². The standard InChI is InChI=1S/C14H19N3O/c1-17(12-4-5-15-8-12)9-10-2-3-13-11(6-10)7-14(18)16-13/h2-3,6,12,15H,4-5,7-9H2,1H3,(H,16,18). The van der Waals surface area contributed by atoms with E-state index in [1.807, 2.05) is 6.07 Å². The normalized spacial score (nSPS) is 22.3. The molecule has 0 spiro atoms. The fourth-order valence-electron chi connectivity index (χ4n) is 2.81. The molecule has 1 saturated heterocycles. The van der Waals surface area contributed by atoms with E-state index in [0.29, 0.717) is 12.5 Å². The van der Waals surface area contributed by atoms with Gasteiger partial charge in [0.2, 0.25) is 5.91 Å². The molecule has 1 atom stereocenters. The van der Waals surface area contributed by atoms with Crippen LogP contribution >= 0.6 is 0 Å². The topological polar surface area (TPSA) is 44.4 Å². The zero-order chi connectivity index (χ0) is 12.5. The number of likely N-dealkylation sites (N-methyl/N-ethyl adjacent to an activating group) is 1. The molecule has 0 saturated carbocycles. The van der Waals surface area contributed by atoms with Gasteiger partial charge in [-0.3, -0.25) is 9.69 Å². The summed E-state index contributed by atoms with van der Waals surface area (Å²) in [6.45, 7) is 3.16. The SMILES string of the molecule is CN(Cc1ccc2c(c1)CC(=O)N2)C1CCNC1. The Hall–Kier alpha value is -1.39. The number of carbonyl (C=O) groups is 1. The first kappa shape index (κ1) is 11.7. The number of nitrogens with zero attached hydrogens (tertiary/aromatic N) is 1. The van der Waals surface area contributed by atoms with E-state index in [4.69, 9.17) is 0 Å². The minimum atomic E-state index is 0.107. The molecule has 3 rings (SSSR count). The van der Waals surface area contributed by atoms with Crippen molar-refractivity contribution >= 4 is 11.6 Å². The quantitative estimate of drug-likeness (QED) is 0.834. The molecule has 1 amide bonds. The molecule has 2 heterocycles. The van der Waals surface area contributed by atoms with Crippen LogP contribution < -0.4 is 10.6 Å². The monoisotopic (exact) mass is 245 g/mol. The van der Waals surface area contributed by atoms with E-state index in [-0.39, 0.29) is 5.91 Å². The van der Waals surface area contributed by atoms with Crippen molar-refractivity contribution in [2.24, 2.45) is 0 Å². The van der Waals surface area contributed by atoms with Crippen LogP contribution in [0.15, 0.2) is 18.2 Å². The van der Waals surface area contributed by atoms with Crippen molar-refractivity contribution in [1.29, 1.82) is 0 Å². The second-order valence-corrected chi connectivity index (χ2v) is 5.28. The summed E-state index contributed by atoms with van der Waals surface area (Å²) in [5, 5.41) is 6.26. The lowest BCUT2D eigenvalue weighted by Gasteiger charge is -2.23. The lowest BCUT2D eigenvalue weighted by molar-refractivity contribution is -0.115. The van der Waals surface area contributed by atoms with Crippen molar-refractivity contribution < 1.29 is 4.79 Å². The van der Waals surface area contributed by atoms with Crippen LogP contribution in [-0.4, -0.2) is 37.0 Å². The maximum atomic E-state index is 11.3. The predicted octanol–water partition coefficient (Wildman–Crippen LogP) is 0.975. The van der Waals surface area contributed by atoms with E-state index >= 15 is 0 Å². The molecule has 18 heavy (non-hydrogen) atoms. The summed E-state index contributed by atoms with van der Waals surface area (Å²) in [5.41, 5.74) is 3.41. The summed E-state index contributed by atoms with van der Waals surface area (Å²) < 4.78 is 0. The Labute approximate surface area is 107 Å². The molecular formula is C14H19N3O. The lowest BCUT2D eigenvalue weighted by atomic mass is 10.1. The van der Waals surface area contributed by atoms with Crippen LogP contribution in [0.5, 0.6) is 0 Å². The molecule has 2 aliphatic rings. The molecule has 0 aromatic heterocycles. The van der Waals surface area contributed by atoms with Crippen molar-refractivity contribution in [3.8, 4) is 0 Å². The number of benzene rings is 1. The van der Waals surface area contributed by atoms with Crippen molar-refractivity contribution in [1.82, 2.24) is 10.2 Å². The van der Waals surface area contributed by atoms with E-state index in [1.165, 1.54) is 12.0 Å². The molecule has 2 aliphatic heterocycles. The third-order valence-electron chi connectivity index (χ3n) is 3.88. The van der Waals surface area contributed by atoms with Gasteiger partial charge in [-0.2, -0.15) is 0 Å². The second kappa shape index (κ2) is 4.71. The molecule has 1 aromatic rings. The Morgan fingerprint density at radius 2 is 2.33 bits per heavy atom. The van der Waals surface area contributed by atoms with E-state index in [0.717, 1.165) is 30.9 Å². The van der Waals surface area contributed by atoms with Gasteiger partial charge in [-0.05, 0) is 37.2 Å². The van der Waals surface area contributed by atoms with Crippen LogP contribution in [-0.2, 0) is 17.8 Å². The van der Waals surface area contributed by atoms with E-state index in [9.17, 15) is 4.79 Å². The zero-order valence-electron chi connectivity index (χ0n) is 10.7. The van der Waals surface area contributed by atoms with Crippen molar-refractivity contribution in [3.05, 3.63) is 29.3 Å². The van der Waals surface area contributed by atoms with Gasteiger partial charge in [-0.1, -0.05) is 12.1 Å². The van der Waals surface area contributed by atoms with Crippen molar-refractivity contribution in [2.75, 3.05) is 25.5 Å². The summed E-state index contributed by atoms with van der Waals surface area (Å²) in [7, 11) is 2.17. The zero-order valence-corrected chi connectivity index (χ0v) is 10.7. The van der Waals surface area contributed by atoms with Crippen LogP contribution in [0.3, 0.4) is 0 Å². The van der Waals surface area contributed by atoms with Crippen LogP contribution in [0, 0.1) is 0 Å².